The zero-order valence-electron chi connectivity index (χ0n) is 22.7. The van der Waals surface area contributed by atoms with E-state index in [1.807, 2.05) is 54.6 Å². The van der Waals surface area contributed by atoms with Crippen LogP contribution >= 0.6 is 0 Å². The first-order chi connectivity index (χ1) is 17.9. The third-order valence-corrected chi connectivity index (χ3v) is 6.20. The van der Waals surface area contributed by atoms with E-state index >= 15 is 0 Å². The Kier molecular flexibility index (Phi) is 15.6. The molecule has 0 saturated heterocycles. The standard InChI is InChI=1S/C32H42NO4.2CH4/c1-33(2,3)29-17-15-27(16-18-29)25-32(34)36-24-12-7-5-4-6-11-23-35-30-19-21-31(22-20-30)37-26-28-13-9-8-10-14-28;;/h8-10,13-22H,4-7,11-12,23-26H2,1-3H3;2*1H4/q+1;;. The molecule has 0 aliphatic rings. The number of hydrogen-bond donors (Lipinski definition) is 0. The number of benzene rings is 3. The van der Waals surface area contributed by atoms with Gasteiger partial charge in [-0.2, -0.15) is 0 Å². The van der Waals surface area contributed by atoms with Crippen molar-refractivity contribution in [2.24, 2.45) is 0 Å². The molecule has 0 unspecified atom stereocenters. The molecule has 5 nitrogen and oxygen atoms in total. The summed E-state index contributed by atoms with van der Waals surface area (Å²) in [4.78, 5) is 12.1. The van der Waals surface area contributed by atoms with Crippen molar-refractivity contribution in [3.8, 4) is 11.5 Å². The average molecular weight is 537 g/mol. The maximum atomic E-state index is 12.1. The zero-order valence-corrected chi connectivity index (χ0v) is 22.7. The minimum Gasteiger partial charge on any atom is -0.494 e. The van der Waals surface area contributed by atoms with Crippen LogP contribution in [0.25, 0.3) is 0 Å². The van der Waals surface area contributed by atoms with Crippen LogP contribution in [0.3, 0.4) is 0 Å². The summed E-state index contributed by atoms with van der Waals surface area (Å²) in [5, 5.41) is 0. The summed E-state index contributed by atoms with van der Waals surface area (Å²) in [5.74, 6) is 1.57. The Labute approximate surface area is 237 Å². The van der Waals surface area contributed by atoms with Gasteiger partial charge in [-0.25, -0.2) is 0 Å². The summed E-state index contributed by atoms with van der Waals surface area (Å²) in [7, 11) is 6.38. The Balaban J connectivity index is 0.00000380. The van der Waals surface area contributed by atoms with E-state index in [4.69, 9.17) is 14.2 Å². The van der Waals surface area contributed by atoms with E-state index in [0.29, 0.717) is 19.6 Å². The van der Waals surface area contributed by atoms with E-state index in [1.165, 1.54) is 12.1 Å². The SMILES string of the molecule is C.C.C[N+](C)(C)c1ccc(CC(=O)OCCCCCCCCOc2ccc(OCc3ccccc3)cc2)cc1. The highest BCUT2D eigenvalue weighted by Crippen LogP contribution is 2.20. The van der Waals surface area contributed by atoms with Crippen molar-refractivity contribution in [3.05, 3.63) is 90.0 Å². The third kappa shape index (κ3) is 13.4. The van der Waals surface area contributed by atoms with Gasteiger partial charge in [0.2, 0.25) is 0 Å². The second-order valence-corrected chi connectivity index (χ2v) is 10.3. The summed E-state index contributed by atoms with van der Waals surface area (Å²) in [6, 6.07) is 26.2. The molecule has 0 aliphatic heterocycles. The number of carbonyl (C=O) groups is 1. The number of rotatable bonds is 16. The van der Waals surface area contributed by atoms with Gasteiger partial charge in [-0.1, -0.05) is 83.0 Å². The van der Waals surface area contributed by atoms with Crippen molar-refractivity contribution < 1.29 is 19.0 Å². The van der Waals surface area contributed by atoms with Crippen molar-refractivity contribution >= 4 is 11.7 Å². The quantitative estimate of drug-likeness (QED) is 0.105. The minimum absolute atomic E-state index is 0. The smallest absolute Gasteiger partial charge is 0.310 e. The molecule has 0 atom stereocenters. The summed E-state index contributed by atoms with van der Waals surface area (Å²) in [5.41, 5.74) is 3.36. The molecule has 3 aromatic rings. The number of nitrogens with zero attached hydrogens (tertiary/aromatic N) is 1. The lowest BCUT2D eigenvalue weighted by molar-refractivity contribution is -0.142. The molecule has 3 aromatic carbocycles. The molecule has 39 heavy (non-hydrogen) atoms. The highest BCUT2D eigenvalue weighted by atomic mass is 16.5. The zero-order chi connectivity index (χ0) is 26.3. The number of carbonyl (C=O) groups excluding carboxylic acids is 1. The second kappa shape index (κ2) is 18.1. The van der Waals surface area contributed by atoms with Crippen LogP contribution in [0.15, 0.2) is 78.9 Å². The Morgan fingerprint density at radius 1 is 0.615 bits per heavy atom. The summed E-state index contributed by atoms with van der Waals surface area (Å²) in [6.07, 6.45) is 6.83. The van der Waals surface area contributed by atoms with Crippen LogP contribution in [-0.2, 0) is 22.6 Å². The lowest BCUT2D eigenvalue weighted by atomic mass is 10.1. The monoisotopic (exact) mass is 536 g/mol. The summed E-state index contributed by atoms with van der Waals surface area (Å²) >= 11 is 0. The van der Waals surface area contributed by atoms with Crippen LogP contribution in [0.4, 0.5) is 5.69 Å². The van der Waals surface area contributed by atoms with E-state index in [0.717, 1.165) is 65.8 Å². The van der Waals surface area contributed by atoms with Crippen molar-refractivity contribution in [1.29, 1.82) is 0 Å². The molecule has 0 aliphatic carbocycles. The lowest BCUT2D eigenvalue weighted by Gasteiger charge is -2.23. The molecule has 0 bridgehead atoms. The van der Waals surface area contributed by atoms with Gasteiger partial charge in [0, 0.05) is 0 Å². The first-order valence-corrected chi connectivity index (χ1v) is 13.4. The molecule has 3 rings (SSSR count). The molecule has 0 fully saturated rings. The number of unbranched alkanes of at least 4 members (excludes halogenated alkanes) is 5. The van der Waals surface area contributed by atoms with Gasteiger partial charge in [-0.05, 0) is 60.4 Å². The van der Waals surface area contributed by atoms with Crippen molar-refractivity contribution in [2.45, 2.75) is 66.4 Å². The van der Waals surface area contributed by atoms with Gasteiger partial charge >= 0.3 is 5.97 Å². The Hall–Kier alpha value is -3.31. The minimum atomic E-state index is -0.147. The first kappa shape index (κ1) is 33.7. The molecule has 0 aromatic heterocycles. The van der Waals surface area contributed by atoms with Gasteiger partial charge in [-0.15, -0.1) is 0 Å². The van der Waals surface area contributed by atoms with Gasteiger partial charge in [0.15, 0.2) is 0 Å². The lowest BCUT2D eigenvalue weighted by Crippen LogP contribution is -2.34. The fourth-order valence-electron chi connectivity index (χ4n) is 3.94. The van der Waals surface area contributed by atoms with Crippen LogP contribution in [0, 0.1) is 0 Å². The van der Waals surface area contributed by atoms with Gasteiger partial charge in [0.25, 0.3) is 0 Å². The van der Waals surface area contributed by atoms with Crippen LogP contribution in [-0.4, -0.2) is 40.3 Å². The largest absolute Gasteiger partial charge is 0.494 e. The Morgan fingerprint density at radius 2 is 1.15 bits per heavy atom. The van der Waals surface area contributed by atoms with E-state index in [1.54, 1.807) is 0 Å². The molecule has 0 spiro atoms. The topological polar surface area (TPSA) is 44.8 Å². The molecule has 0 heterocycles. The van der Waals surface area contributed by atoms with E-state index in [-0.39, 0.29) is 20.8 Å². The molecule has 0 amide bonds. The van der Waals surface area contributed by atoms with Crippen LogP contribution in [0.2, 0.25) is 0 Å². The number of quaternary nitrogens is 1. The maximum absolute atomic E-state index is 12.1. The average Bonchev–Trinajstić information content (AvgIpc) is 2.89. The summed E-state index contributed by atoms with van der Waals surface area (Å²) < 4.78 is 17.8. The van der Waals surface area contributed by atoms with E-state index < -0.39 is 0 Å². The Bertz CT molecular complexity index is 1040. The van der Waals surface area contributed by atoms with Gasteiger partial charge in [0.05, 0.1) is 40.8 Å². The first-order valence-electron chi connectivity index (χ1n) is 13.4. The molecule has 214 valence electrons. The fraction of sp³-hybridized carbons (Fsp3) is 0.441. The maximum Gasteiger partial charge on any atom is 0.310 e. The molecule has 0 radical (unpaired) electrons. The normalized spacial score (nSPS) is 10.6. The predicted octanol–water partition coefficient (Wildman–Crippen LogP) is 8.24. The number of esters is 1. The Morgan fingerprint density at radius 3 is 1.74 bits per heavy atom. The predicted molar refractivity (Wildman–Crippen MR) is 165 cm³/mol. The highest BCUT2D eigenvalue weighted by molar-refractivity contribution is 5.72. The molecular weight excluding hydrogens is 486 g/mol. The second-order valence-electron chi connectivity index (χ2n) is 10.3. The molecular formula is C34H50NO4+. The third-order valence-electron chi connectivity index (χ3n) is 6.20. The number of ether oxygens (including phenoxy) is 3. The van der Waals surface area contributed by atoms with Crippen LogP contribution in [0.1, 0.15) is 64.5 Å². The molecule has 5 heteroatoms. The van der Waals surface area contributed by atoms with E-state index in [2.05, 4.69) is 45.4 Å². The van der Waals surface area contributed by atoms with Crippen molar-refractivity contribution in [1.82, 2.24) is 4.48 Å². The van der Waals surface area contributed by atoms with Crippen molar-refractivity contribution in [2.75, 3.05) is 34.4 Å². The van der Waals surface area contributed by atoms with E-state index in [9.17, 15) is 4.79 Å². The fourth-order valence-corrected chi connectivity index (χ4v) is 3.94. The van der Waals surface area contributed by atoms with Crippen LogP contribution < -0.4 is 14.0 Å². The molecule has 0 N–H and O–H groups in total. The molecule has 0 saturated carbocycles. The van der Waals surface area contributed by atoms with Gasteiger partial charge in [0.1, 0.15) is 23.8 Å². The highest BCUT2D eigenvalue weighted by Gasteiger charge is 2.12. The van der Waals surface area contributed by atoms with Crippen molar-refractivity contribution in [3.63, 3.8) is 0 Å². The van der Waals surface area contributed by atoms with Gasteiger partial charge < -0.3 is 14.2 Å². The summed E-state index contributed by atoms with van der Waals surface area (Å²) in [6.45, 7) is 1.79. The van der Waals surface area contributed by atoms with Gasteiger partial charge in [-0.3, -0.25) is 9.28 Å². The number of hydrogen-bond acceptors (Lipinski definition) is 4. The van der Waals surface area contributed by atoms with Crippen LogP contribution in [0.5, 0.6) is 11.5 Å².